The minimum atomic E-state index is -1.17. The van der Waals surface area contributed by atoms with Gasteiger partial charge in [-0.3, -0.25) is 9.59 Å². The SMILES string of the molecule is CCOC(=O)C(CCCc1ccc(F)cc1)C(=O)O. The molecule has 1 atom stereocenters. The number of aliphatic carboxylic acids is 1. The number of halogens is 1. The van der Waals surface area contributed by atoms with Crippen LogP contribution in [0.15, 0.2) is 24.3 Å². The Bertz CT molecular complexity index is 428. The molecule has 5 heteroatoms. The molecule has 1 unspecified atom stereocenters. The van der Waals surface area contributed by atoms with E-state index in [0.717, 1.165) is 5.56 Å². The third-order valence-corrected chi connectivity index (χ3v) is 2.74. The molecular formula is C14H17FO4. The number of carboxylic acid groups (broad SMARTS) is 1. The molecule has 0 spiro atoms. The van der Waals surface area contributed by atoms with E-state index in [0.29, 0.717) is 12.8 Å². The first kappa shape index (κ1) is 15.1. The lowest BCUT2D eigenvalue weighted by atomic mass is 9.99. The lowest BCUT2D eigenvalue weighted by Crippen LogP contribution is -2.26. The van der Waals surface area contributed by atoms with Crippen LogP contribution in [0, 0.1) is 11.7 Å². The second kappa shape index (κ2) is 7.51. The summed E-state index contributed by atoms with van der Waals surface area (Å²) in [4.78, 5) is 22.4. The van der Waals surface area contributed by atoms with Crippen LogP contribution in [0.5, 0.6) is 0 Å². The van der Waals surface area contributed by atoms with Crippen LogP contribution < -0.4 is 0 Å². The van der Waals surface area contributed by atoms with Crippen LogP contribution in [0.2, 0.25) is 0 Å². The Morgan fingerprint density at radius 2 is 1.95 bits per heavy atom. The summed E-state index contributed by atoms with van der Waals surface area (Å²) >= 11 is 0. The van der Waals surface area contributed by atoms with Gasteiger partial charge in [-0.25, -0.2) is 4.39 Å². The Labute approximate surface area is 111 Å². The van der Waals surface area contributed by atoms with Crippen molar-refractivity contribution in [2.45, 2.75) is 26.2 Å². The predicted octanol–water partition coefficient (Wildman–Crippen LogP) is 2.41. The number of hydrogen-bond acceptors (Lipinski definition) is 3. The van der Waals surface area contributed by atoms with E-state index in [1.807, 2.05) is 0 Å². The molecule has 1 N–H and O–H groups in total. The molecule has 0 fully saturated rings. The van der Waals surface area contributed by atoms with Crippen LogP contribution in [0.3, 0.4) is 0 Å². The highest BCUT2D eigenvalue weighted by Gasteiger charge is 2.26. The Morgan fingerprint density at radius 1 is 1.32 bits per heavy atom. The minimum absolute atomic E-state index is 0.167. The molecule has 0 saturated heterocycles. The number of hydrogen-bond donors (Lipinski definition) is 1. The summed E-state index contributed by atoms with van der Waals surface area (Å²) in [5.41, 5.74) is 0.911. The Morgan fingerprint density at radius 3 is 2.47 bits per heavy atom. The average molecular weight is 268 g/mol. The first-order valence-corrected chi connectivity index (χ1v) is 6.18. The molecule has 19 heavy (non-hydrogen) atoms. The smallest absolute Gasteiger partial charge is 0.320 e. The zero-order chi connectivity index (χ0) is 14.3. The second-order valence-electron chi connectivity index (χ2n) is 4.16. The second-order valence-corrected chi connectivity index (χ2v) is 4.16. The van der Waals surface area contributed by atoms with E-state index in [1.54, 1.807) is 19.1 Å². The maximum absolute atomic E-state index is 12.7. The van der Waals surface area contributed by atoms with Gasteiger partial charge in [-0.1, -0.05) is 12.1 Å². The van der Waals surface area contributed by atoms with Crippen molar-refractivity contribution in [3.8, 4) is 0 Å². The molecule has 1 rings (SSSR count). The summed E-state index contributed by atoms with van der Waals surface area (Å²) in [6.07, 6.45) is 1.34. The largest absolute Gasteiger partial charge is 0.481 e. The van der Waals surface area contributed by atoms with E-state index in [-0.39, 0.29) is 18.8 Å². The molecular weight excluding hydrogens is 251 g/mol. The number of esters is 1. The first-order chi connectivity index (χ1) is 9.04. The molecule has 0 aliphatic rings. The van der Waals surface area contributed by atoms with E-state index in [9.17, 15) is 14.0 Å². The number of carboxylic acids is 1. The molecule has 1 aromatic carbocycles. The normalized spacial score (nSPS) is 11.9. The van der Waals surface area contributed by atoms with Crippen molar-refractivity contribution < 1.29 is 23.8 Å². The van der Waals surface area contributed by atoms with Crippen molar-refractivity contribution in [2.75, 3.05) is 6.61 Å². The Kier molecular flexibility index (Phi) is 5.99. The third-order valence-electron chi connectivity index (χ3n) is 2.74. The van der Waals surface area contributed by atoms with Gasteiger partial charge in [0.2, 0.25) is 0 Å². The van der Waals surface area contributed by atoms with Crippen LogP contribution >= 0.6 is 0 Å². The molecule has 4 nitrogen and oxygen atoms in total. The quantitative estimate of drug-likeness (QED) is 0.609. The molecule has 0 amide bonds. The highest BCUT2D eigenvalue weighted by molar-refractivity contribution is 5.93. The van der Waals surface area contributed by atoms with Gasteiger partial charge in [0.1, 0.15) is 5.82 Å². The van der Waals surface area contributed by atoms with E-state index in [4.69, 9.17) is 9.84 Å². The zero-order valence-corrected chi connectivity index (χ0v) is 10.8. The number of rotatable bonds is 7. The van der Waals surface area contributed by atoms with Crippen LogP contribution in [0.1, 0.15) is 25.3 Å². The Balaban J connectivity index is 2.46. The summed E-state index contributed by atoms with van der Waals surface area (Å²) < 4.78 is 17.4. The van der Waals surface area contributed by atoms with E-state index in [1.165, 1.54) is 12.1 Å². The van der Waals surface area contributed by atoms with Gasteiger partial charge in [-0.05, 0) is 43.9 Å². The fourth-order valence-corrected chi connectivity index (χ4v) is 1.75. The number of benzene rings is 1. The van der Waals surface area contributed by atoms with Gasteiger partial charge in [0.15, 0.2) is 5.92 Å². The van der Waals surface area contributed by atoms with Gasteiger partial charge in [-0.2, -0.15) is 0 Å². The highest BCUT2D eigenvalue weighted by atomic mass is 19.1. The van der Waals surface area contributed by atoms with Crippen LogP contribution in [0.25, 0.3) is 0 Å². The average Bonchev–Trinajstić information content (AvgIpc) is 2.36. The highest BCUT2D eigenvalue weighted by Crippen LogP contribution is 2.13. The van der Waals surface area contributed by atoms with Gasteiger partial charge < -0.3 is 9.84 Å². The van der Waals surface area contributed by atoms with Crippen molar-refractivity contribution in [3.63, 3.8) is 0 Å². The van der Waals surface area contributed by atoms with Gasteiger partial charge in [0.25, 0.3) is 0 Å². The standard InChI is InChI=1S/C14H17FO4/c1-2-19-14(18)12(13(16)17)5-3-4-10-6-8-11(15)9-7-10/h6-9,12H,2-5H2,1H3,(H,16,17). The zero-order valence-electron chi connectivity index (χ0n) is 10.8. The van der Waals surface area contributed by atoms with Gasteiger partial charge in [0, 0.05) is 0 Å². The van der Waals surface area contributed by atoms with Crippen molar-refractivity contribution in [1.29, 1.82) is 0 Å². The molecule has 0 bridgehead atoms. The van der Waals surface area contributed by atoms with Crippen molar-refractivity contribution in [1.82, 2.24) is 0 Å². The van der Waals surface area contributed by atoms with Gasteiger partial charge in [-0.15, -0.1) is 0 Å². The van der Waals surface area contributed by atoms with Gasteiger partial charge in [0.05, 0.1) is 6.61 Å². The lowest BCUT2D eigenvalue weighted by molar-refractivity contribution is -0.158. The fraction of sp³-hybridized carbons (Fsp3) is 0.429. The summed E-state index contributed by atoms with van der Waals surface area (Å²) in [7, 11) is 0. The van der Waals surface area contributed by atoms with Crippen molar-refractivity contribution in [2.24, 2.45) is 5.92 Å². The molecule has 104 valence electrons. The molecule has 0 radical (unpaired) electrons. The molecule has 0 saturated carbocycles. The molecule has 0 aliphatic carbocycles. The third kappa shape index (κ3) is 5.07. The number of carbonyl (C=O) groups is 2. The minimum Gasteiger partial charge on any atom is -0.481 e. The number of carbonyl (C=O) groups excluding carboxylic acids is 1. The summed E-state index contributed by atoms with van der Waals surface area (Å²) in [5, 5.41) is 8.95. The van der Waals surface area contributed by atoms with E-state index >= 15 is 0 Å². The Hall–Kier alpha value is -1.91. The summed E-state index contributed by atoms with van der Waals surface area (Å²) in [6.45, 7) is 1.80. The first-order valence-electron chi connectivity index (χ1n) is 6.18. The maximum atomic E-state index is 12.7. The van der Waals surface area contributed by atoms with Crippen molar-refractivity contribution >= 4 is 11.9 Å². The summed E-state index contributed by atoms with van der Waals surface area (Å²) in [5.74, 6) is -3.30. The fourth-order valence-electron chi connectivity index (χ4n) is 1.75. The molecule has 0 heterocycles. The van der Waals surface area contributed by atoms with Crippen LogP contribution in [-0.2, 0) is 20.7 Å². The molecule has 1 aromatic rings. The lowest BCUT2D eigenvalue weighted by Gasteiger charge is -2.10. The van der Waals surface area contributed by atoms with Crippen LogP contribution in [0.4, 0.5) is 4.39 Å². The summed E-state index contributed by atoms with van der Waals surface area (Å²) in [6, 6.07) is 6.01. The van der Waals surface area contributed by atoms with E-state index in [2.05, 4.69) is 0 Å². The van der Waals surface area contributed by atoms with Crippen molar-refractivity contribution in [3.05, 3.63) is 35.6 Å². The number of ether oxygens (including phenoxy) is 1. The topological polar surface area (TPSA) is 63.6 Å². The molecule has 0 aliphatic heterocycles. The number of aryl methyl sites for hydroxylation is 1. The predicted molar refractivity (Wildman–Crippen MR) is 67.1 cm³/mol. The van der Waals surface area contributed by atoms with Crippen LogP contribution in [-0.4, -0.2) is 23.7 Å². The monoisotopic (exact) mass is 268 g/mol. The van der Waals surface area contributed by atoms with E-state index < -0.39 is 17.9 Å². The molecule has 0 aromatic heterocycles. The van der Waals surface area contributed by atoms with Gasteiger partial charge >= 0.3 is 11.9 Å². The maximum Gasteiger partial charge on any atom is 0.320 e.